The molecule has 8 nitrogen and oxygen atoms in total. The number of nitrogens with one attached hydrogen (secondary N) is 1. The van der Waals surface area contributed by atoms with E-state index in [1.165, 1.54) is 6.42 Å². The Kier molecular flexibility index (Phi) is 6.31. The molecule has 4 heterocycles. The number of rotatable bonds is 5. The summed E-state index contributed by atoms with van der Waals surface area (Å²) >= 11 is 6.55. The van der Waals surface area contributed by atoms with Gasteiger partial charge in [0, 0.05) is 50.0 Å². The van der Waals surface area contributed by atoms with Crippen LogP contribution in [0, 0.1) is 5.41 Å². The Balaban J connectivity index is 1.46. The summed E-state index contributed by atoms with van der Waals surface area (Å²) in [5.74, 6) is 0.283. The lowest BCUT2D eigenvalue weighted by atomic mass is 9.67. The molecule has 1 atom stereocenters. The van der Waals surface area contributed by atoms with Gasteiger partial charge in [-0.15, -0.1) is 0 Å². The van der Waals surface area contributed by atoms with Crippen molar-refractivity contribution in [3.05, 3.63) is 47.5 Å². The van der Waals surface area contributed by atoms with Crippen molar-refractivity contribution >= 4 is 28.5 Å². The highest BCUT2D eigenvalue weighted by Crippen LogP contribution is 2.44. The second-order valence-electron chi connectivity index (χ2n) is 10.2. The van der Waals surface area contributed by atoms with Crippen LogP contribution in [-0.2, 0) is 4.74 Å². The first-order valence-corrected chi connectivity index (χ1v) is 12.3. The maximum Gasteiger partial charge on any atom is 0.253 e. The molecule has 1 saturated carbocycles. The maximum absolute atomic E-state index is 13.6. The molecule has 180 valence electrons. The van der Waals surface area contributed by atoms with Gasteiger partial charge >= 0.3 is 0 Å². The Morgan fingerprint density at radius 1 is 1.15 bits per heavy atom. The van der Waals surface area contributed by atoms with E-state index in [0.29, 0.717) is 34.1 Å². The van der Waals surface area contributed by atoms with E-state index in [1.807, 2.05) is 0 Å². The van der Waals surface area contributed by atoms with E-state index in [0.717, 1.165) is 45.6 Å². The van der Waals surface area contributed by atoms with Gasteiger partial charge in [-0.3, -0.25) is 14.3 Å². The minimum Gasteiger partial charge on any atom is -0.379 e. The van der Waals surface area contributed by atoms with Crippen LogP contribution in [0.25, 0.3) is 17.0 Å². The molecule has 1 aliphatic heterocycles. The number of aromatic nitrogens is 4. The Morgan fingerprint density at radius 2 is 1.91 bits per heavy atom. The highest BCUT2D eigenvalue weighted by atomic mass is 35.5. The highest BCUT2D eigenvalue weighted by Gasteiger charge is 2.44. The predicted molar refractivity (Wildman–Crippen MR) is 131 cm³/mol. The number of amides is 1. The highest BCUT2D eigenvalue weighted by molar-refractivity contribution is 6.36. The Labute approximate surface area is 204 Å². The molecule has 2 fully saturated rings. The van der Waals surface area contributed by atoms with Crippen molar-refractivity contribution in [2.24, 2.45) is 5.41 Å². The number of hydrogen-bond acceptors (Lipinski definition) is 6. The molecule has 5 rings (SSSR count). The van der Waals surface area contributed by atoms with Crippen molar-refractivity contribution in [2.45, 2.75) is 45.1 Å². The molecule has 2 aliphatic rings. The minimum atomic E-state index is -0.161. The monoisotopic (exact) mass is 482 g/mol. The zero-order valence-electron chi connectivity index (χ0n) is 19.8. The van der Waals surface area contributed by atoms with Gasteiger partial charge in [0.2, 0.25) is 5.95 Å². The second kappa shape index (κ2) is 9.24. The van der Waals surface area contributed by atoms with Crippen LogP contribution in [0.5, 0.6) is 0 Å². The van der Waals surface area contributed by atoms with Crippen molar-refractivity contribution in [3.63, 3.8) is 0 Å². The molecule has 1 N–H and O–H groups in total. The normalized spacial score (nSPS) is 23.1. The number of ether oxygens (including phenoxy) is 1. The SMILES string of the molecule is CC1(C)CCCC(CNC(=O)c2cn(-c3ncccn3)c3nccc(Cl)c23)(N2CCOCC2)C1. The molecule has 0 spiro atoms. The van der Waals surface area contributed by atoms with Crippen LogP contribution in [0.3, 0.4) is 0 Å². The number of fused-ring (bicyclic) bond motifs is 1. The minimum absolute atomic E-state index is 0.0792. The zero-order chi connectivity index (χ0) is 23.8. The summed E-state index contributed by atoms with van der Waals surface area (Å²) in [6, 6.07) is 3.45. The third-order valence-electron chi connectivity index (χ3n) is 7.21. The number of morpholine rings is 1. The molecule has 1 aliphatic carbocycles. The Morgan fingerprint density at radius 3 is 2.65 bits per heavy atom. The number of pyridine rings is 1. The topological polar surface area (TPSA) is 85.2 Å². The summed E-state index contributed by atoms with van der Waals surface area (Å²) < 4.78 is 7.34. The van der Waals surface area contributed by atoms with Crippen LogP contribution in [0.4, 0.5) is 0 Å². The summed E-state index contributed by atoms with van der Waals surface area (Å²) in [6.45, 7) is 8.52. The van der Waals surface area contributed by atoms with Crippen molar-refractivity contribution in [2.75, 3.05) is 32.8 Å². The molecule has 1 saturated heterocycles. The van der Waals surface area contributed by atoms with Gasteiger partial charge in [-0.25, -0.2) is 15.0 Å². The number of carbonyl (C=O) groups is 1. The first-order valence-electron chi connectivity index (χ1n) is 11.9. The standard InChI is InChI=1S/C25H31ClN6O2/c1-24(2)6-3-7-25(16-24,31-11-13-34-14-12-31)17-30-22(33)18-15-32(23-28-8-4-9-29-23)21-20(18)19(26)5-10-27-21/h4-5,8-10,15H,3,6-7,11-14,16-17H2,1-2H3,(H,30,33). The van der Waals surface area contributed by atoms with E-state index in [1.54, 1.807) is 41.5 Å². The summed E-state index contributed by atoms with van der Waals surface area (Å²) in [5.41, 5.74) is 1.19. The van der Waals surface area contributed by atoms with E-state index in [9.17, 15) is 4.79 Å². The molecular weight excluding hydrogens is 452 g/mol. The van der Waals surface area contributed by atoms with E-state index >= 15 is 0 Å². The molecule has 0 aromatic carbocycles. The lowest BCUT2D eigenvalue weighted by Crippen LogP contribution is -2.61. The van der Waals surface area contributed by atoms with Crippen LogP contribution in [0.15, 0.2) is 36.9 Å². The Bertz CT molecular complexity index is 1170. The van der Waals surface area contributed by atoms with Gasteiger partial charge in [0.25, 0.3) is 5.91 Å². The lowest BCUT2D eigenvalue weighted by molar-refractivity contribution is -0.0559. The number of hydrogen-bond donors (Lipinski definition) is 1. The van der Waals surface area contributed by atoms with Gasteiger partial charge in [0.05, 0.1) is 29.2 Å². The summed E-state index contributed by atoms with van der Waals surface area (Å²) in [5, 5.41) is 4.35. The van der Waals surface area contributed by atoms with Crippen LogP contribution in [0.2, 0.25) is 5.02 Å². The third kappa shape index (κ3) is 4.42. The molecule has 3 aromatic heterocycles. The van der Waals surface area contributed by atoms with Crippen molar-refractivity contribution in [1.29, 1.82) is 0 Å². The molecule has 3 aromatic rings. The van der Waals surface area contributed by atoms with Crippen LogP contribution in [0.1, 0.15) is 49.9 Å². The van der Waals surface area contributed by atoms with Crippen molar-refractivity contribution in [3.8, 4) is 5.95 Å². The van der Waals surface area contributed by atoms with Gasteiger partial charge in [0.1, 0.15) is 5.65 Å². The van der Waals surface area contributed by atoms with Crippen LogP contribution < -0.4 is 5.32 Å². The van der Waals surface area contributed by atoms with Crippen LogP contribution in [-0.4, -0.2) is 68.7 Å². The van der Waals surface area contributed by atoms with Crippen LogP contribution >= 0.6 is 11.6 Å². The number of carbonyl (C=O) groups excluding carboxylic acids is 1. The van der Waals surface area contributed by atoms with Gasteiger partial charge in [0.15, 0.2) is 0 Å². The molecule has 0 bridgehead atoms. The number of nitrogens with zero attached hydrogens (tertiary/aromatic N) is 5. The fourth-order valence-electron chi connectivity index (χ4n) is 5.73. The fraction of sp³-hybridized carbons (Fsp3) is 0.520. The smallest absolute Gasteiger partial charge is 0.253 e. The first kappa shape index (κ1) is 23.2. The van der Waals surface area contributed by atoms with Gasteiger partial charge in [-0.2, -0.15) is 0 Å². The first-order chi connectivity index (χ1) is 16.4. The fourth-order valence-corrected chi connectivity index (χ4v) is 5.97. The maximum atomic E-state index is 13.6. The quantitative estimate of drug-likeness (QED) is 0.594. The average Bonchev–Trinajstić information content (AvgIpc) is 3.24. The average molecular weight is 483 g/mol. The summed E-state index contributed by atoms with van der Waals surface area (Å²) in [6.07, 6.45) is 11.2. The largest absolute Gasteiger partial charge is 0.379 e. The molecule has 1 unspecified atom stereocenters. The van der Waals surface area contributed by atoms with Gasteiger partial charge < -0.3 is 10.1 Å². The lowest BCUT2D eigenvalue weighted by Gasteiger charge is -2.52. The zero-order valence-corrected chi connectivity index (χ0v) is 20.5. The van der Waals surface area contributed by atoms with Gasteiger partial charge in [-0.1, -0.05) is 31.9 Å². The Hall–Kier alpha value is -2.55. The second-order valence-corrected chi connectivity index (χ2v) is 10.6. The van der Waals surface area contributed by atoms with E-state index < -0.39 is 0 Å². The van der Waals surface area contributed by atoms with E-state index in [2.05, 4.69) is 39.0 Å². The van der Waals surface area contributed by atoms with Gasteiger partial charge in [-0.05, 0) is 36.8 Å². The predicted octanol–water partition coefficient (Wildman–Crippen LogP) is 3.87. The molecule has 1 amide bonds. The molecule has 0 radical (unpaired) electrons. The van der Waals surface area contributed by atoms with Crippen molar-refractivity contribution < 1.29 is 9.53 Å². The summed E-state index contributed by atoms with van der Waals surface area (Å²) in [4.78, 5) is 29.3. The summed E-state index contributed by atoms with van der Waals surface area (Å²) in [7, 11) is 0. The third-order valence-corrected chi connectivity index (χ3v) is 7.53. The number of halogens is 1. The molecule has 34 heavy (non-hydrogen) atoms. The van der Waals surface area contributed by atoms with E-state index in [-0.39, 0.29) is 16.9 Å². The van der Waals surface area contributed by atoms with Crippen molar-refractivity contribution in [1.82, 2.24) is 29.7 Å². The van der Waals surface area contributed by atoms with E-state index in [4.69, 9.17) is 16.3 Å². The molecular formula is C25H31ClN6O2. The molecule has 9 heteroatoms.